The van der Waals surface area contributed by atoms with Crippen molar-refractivity contribution in [1.82, 2.24) is 15.4 Å². The van der Waals surface area contributed by atoms with Crippen LogP contribution in [0.1, 0.15) is 23.6 Å². The summed E-state index contributed by atoms with van der Waals surface area (Å²) in [5, 5.41) is 0. The molecule has 4 aromatic rings. The highest BCUT2D eigenvalue weighted by molar-refractivity contribution is 6.00. The van der Waals surface area contributed by atoms with Crippen molar-refractivity contribution in [2.75, 3.05) is 0 Å². The molecule has 0 aliphatic rings. The number of nitrogens with one attached hydrogen (secondary N) is 2. The number of H-pyrrole nitrogens is 1. The molecule has 1 heterocycles. The number of nitrogens with two attached hydrogens (primary N) is 1. The first-order valence-electron chi connectivity index (χ1n) is 9.55. The Hall–Kier alpha value is -3.64. The smallest absolute Gasteiger partial charge is 0.142 e. The van der Waals surface area contributed by atoms with E-state index in [0.29, 0.717) is 12.4 Å². The van der Waals surface area contributed by atoms with Gasteiger partial charge >= 0.3 is 0 Å². The van der Waals surface area contributed by atoms with E-state index in [0.717, 1.165) is 40.1 Å². The van der Waals surface area contributed by atoms with Crippen LogP contribution in [0.3, 0.4) is 0 Å². The molecule has 0 saturated carbocycles. The zero-order chi connectivity index (χ0) is 20.1. The summed E-state index contributed by atoms with van der Waals surface area (Å²) in [6, 6.07) is 21.9. The lowest BCUT2D eigenvalue weighted by atomic mass is 10.1. The molecule has 29 heavy (non-hydrogen) atoms. The molecule has 3 aromatic carbocycles. The van der Waals surface area contributed by atoms with Crippen LogP contribution in [0.5, 0.6) is 11.5 Å². The Bertz CT molecular complexity index is 1130. The average Bonchev–Trinajstić information content (AvgIpc) is 3.23. The first-order valence-corrected chi connectivity index (χ1v) is 9.55. The number of fused-ring (bicyclic) bond motifs is 1. The van der Waals surface area contributed by atoms with E-state index in [2.05, 4.69) is 39.4 Å². The fraction of sp³-hybridized carbons (Fsp3) is 0.130. The lowest BCUT2D eigenvalue weighted by molar-refractivity contribution is 0.482. The zero-order valence-electron chi connectivity index (χ0n) is 16.2. The second-order valence-electron chi connectivity index (χ2n) is 6.69. The first kappa shape index (κ1) is 18.7. The number of rotatable bonds is 6. The van der Waals surface area contributed by atoms with Crippen LogP contribution in [0.2, 0.25) is 0 Å². The number of aryl methyl sites for hydroxylation is 1. The van der Waals surface area contributed by atoms with Gasteiger partial charge in [0.1, 0.15) is 17.3 Å². The van der Waals surface area contributed by atoms with Crippen molar-refractivity contribution in [2.24, 2.45) is 10.8 Å². The van der Waals surface area contributed by atoms with Gasteiger partial charge in [0.2, 0.25) is 0 Å². The van der Waals surface area contributed by atoms with Gasteiger partial charge in [-0.05, 0) is 60.0 Å². The second kappa shape index (κ2) is 8.58. The Labute approximate surface area is 169 Å². The van der Waals surface area contributed by atoms with Crippen molar-refractivity contribution < 1.29 is 4.74 Å². The third kappa shape index (κ3) is 4.44. The third-order valence-corrected chi connectivity index (χ3v) is 4.72. The predicted molar refractivity (Wildman–Crippen MR) is 116 cm³/mol. The van der Waals surface area contributed by atoms with Crippen molar-refractivity contribution in [3.8, 4) is 11.5 Å². The van der Waals surface area contributed by atoms with Crippen LogP contribution >= 0.6 is 0 Å². The van der Waals surface area contributed by atoms with Crippen LogP contribution in [0.4, 0.5) is 0 Å². The van der Waals surface area contributed by atoms with E-state index in [9.17, 15) is 0 Å². The molecule has 6 nitrogen and oxygen atoms in total. The van der Waals surface area contributed by atoms with Gasteiger partial charge in [-0.3, -0.25) is 4.99 Å². The largest absolute Gasteiger partial charge is 0.457 e. The molecule has 1 aromatic heterocycles. The van der Waals surface area contributed by atoms with E-state index >= 15 is 0 Å². The SMILES string of the molecule is CCc1cccc(Oc2ccc(CN=C(NN)c3ccc4nc[nH]c4c3)cc2)c1. The van der Waals surface area contributed by atoms with Crippen LogP contribution in [0.15, 0.2) is 78.0 Å². The zero-order valence-corrected chi connectivity index (χ0v) is 16.2. The maximum absolute atomic E-state index is 5.95. The van der Waals surface area contributed by atoms with E-state index in [-0.39, 0.29) is 0 Å². The lowest BCUT2D eigenvalue weighted by Crippen LogP contribution is -2.31. The van der Waals surface area contributed by atoms with Gasteiger partial charge in [-0.25, -0.2) is 10.8 Å². The monoisotopic (exact) mass is 385 g/mol. The minimum Gasteiger partial charge on any atom is -0.457 e. The van der Waals surface area contributed by atoms with Gasteiger partial charge in [0.15, 0.2) is 0 Å². The summed E-state index contributed by atoms with van der Waals surface area (Å²) in [4.78, 5) is 11.9. The number of hydrazine groups is 1. The number of imidazole rings is 1. The molecule has 0 saturated heterocycles. The summed E-state index contributed by atoms with van der Waals surface area (Å²) in [6.07, 6.45) is 2.65. The van der Waals surface area contributed by atoms with Gasteiger partial charge in [0, 0.05) is 5.56 Å². The molecular formula is C23H23N5O. The number of aromatic amines is 1. The van der Waals surface area contributed by atoms with Crippen molar-refractivity contribution in [2.45, 2.75) is 19.9 Å². The first-order chi connectivity index (χ1) is 14.2. The molecule has 0 aliphatic carbocycles. The highest BCUT2D eigenvalue weighted by atomic mass is 16.5. The van der Waals surface area contributed by atoms with Gasteiger partial charge in [-0.2, -0.15) is 0 Å². The summed E-state index contributed by atoms with van der Waals surface area (Å²) < 4.78 is 5.95. The summed E-state index contributed by atoms with van der Waals surface area (Å²) in [5.41, 5.74) is 7.76. The van der Waals surface area contributed by atoms with E-state index in [1.54, 1.807) is 6.33 Å². The number of ether oxygens (including phenoxy) is 1. The van der Waals surface area contributed by atoms with Crippen molar-refractivity contribution in [1.29, 1.82) is 0 Å². The Balaban J connectivity index is 1.45. The average molecular weight is 385 g/mol. The summed E-state index contributed by atoms with van der Waals surface area (Å²) in [5.74, 6) is 7.96. The fourth-order valence-electron chi connectivity index (χ4n) is 3.10. The number of benzene rings is 3. The van der Waals surface area contributed by atoms with Crippen LogP contribution in [-0.2, 0) is 13.0 Å². The summed E-state index contributed by atoms with van der Waals surface area (Å²) in [7, 11) is 0. The Kier molecular flexibility index (Phi) is 5.54. The topological polar surface area (TPSA) is 88.3 Å². The van der Waals surface area contributed by atoms with Crippen LogP contribution in [0, 0.1) is 0 Å². The van der Waals surface area contributed by atoms with Gasteiger partial charge in [0.25, 0.3) is 0 Å². The normalized spacial score (nSPS) is 11.6. The summed E-state index contributed by atoms with van der Waals surface area (Å²) in [6.45, 7) is 2.64. The molecular weight excluding hydrogens is 362 g/mol. The third-order valence-electron chi connectivity index (χ3n) is 4.72. The van der Waals surface area contributed by atoms with Crippen LogP contribution in [-0.4, -0.2) is 15.8 Å². The van der Waals surface area contributed by atoms with Crippen molar-refractivity contribution >= 4 is 16.9 Å². The van der Waals surface area contributed by atoms with Gasteiger partial charge in [0.05, 0.1) is 23.9 Å². The Morgan fingerprint density at radius 1 is 1.03 bits per heavy atom. The predicted octanol–water partition coefficient (Wildman–Crippen LogP) is 4.33. The van der Waals surface area contributed by atoms with E-state index < -0.39 is 0 Å². The number of hydrogen-bond donors (Lipinski definition) is 3. The Morgan fingerprint density at radius 2 is 1.90 bits per heavy atom. The molecule has 0 amide bonds. The molecule has 0 bridgehead atoms. The standard InChI is InChI=1S/C23H23N5O/c1-2-16-4-3-5-20(12-16)29-19-9-6-17(7-10-19)14-25-23(28-24)18-8-11-21-22(13-18)27-15-26-21/h3-13,15H,2,14,24H2,1H3,(H,25,28)(H,26,27). The maximum atomic E-state index is 5.95. The highest BCUT2D eigenvalue weighted by Gasteiger charge is 2.05. The van der Waals surface area contributed by atoms with Gasteiger partial charge in [-0.1, -0.05) is 31.2 Å². The molecule has 146 valence electrons. The van der Waals surface area contributed by atoms with Crippen molar-refractivity contribution in [3.63, 3.8) is 0 Å². The molecule has 0 fully saturated rings. The lowest BCUT2D eigenvalue weighted by Gasteiger charge is -2.08. The van der Waals surface area contributed by atoms with E-state index in [1.807, 2.05) is 54.6 Å². The fourth-order valence-corrected chi connectivity index (χ4v) is 3.10. The number of aromatic nitrogens is 2. The minimum absolute atomic E-state index is 0.506. The molecule has 0 unspecified atom stereocenters. The van der Waals surface area contributed by atoms with Gasteiger partial charge < -0.3 is 15.1 Å². The molecule has 4 N–H and O–H groups in total. The maximum Gasteiger partial charge on any atom is 0.142 e. The number of amidine groups is 1. The number of hydrogen-bond acceptors (Lipinski definition) is 4. The van der Waals surface area contributed by atoms with Crippen molar-refractivity contribution in [3.05, 3.63) is 89.7 Å². The molecule has 0 atom stereocenters. The quantitative estimate of drug-likeness (QED) is 0.199. The summed E-state index contributed by atoms with van der Waals surface area (Å²) >= 11 is 0. The molecule has 0 aliphatic heterocycles. The number of aliphatic imine (C=N–C) groups is 1. The van der Waals surface area contributed by atoms with Gasteiger partial charge in [-0.15, -0.1) is 0 Å². The van der Waals surface area contributed by atoms with E-state index in [4.69, 9.17) is 10.6 Å². The molecule has 0 spiro atoms. The van der Waals surface area contributed by atoms with Crippen LogP contribution < -0.4 is 16.0 Å². The molecule has 4 rings (SSSR count). The number of nitrogens with zero attached hydrogens (tertiary/aromatic N) is 2. The van der Waals surface area contributed by atoms with E-state index in [1.165, 1.54) is 5.56 Å². The second-order valence-corrected chi connectivity index (χ2v) is 6.69. The molecule has 0 radical (unpaired) electrons. The molecule has 6 heteroatoms. The highest BCUT2D eigenvalue weighted by Crippen LogP contribution is 2.23. The van der Waals surface area contributed by atoms with Crippen LogP contribution in [0.25, 0.3) is 11.0 Å². The Morgan fingerprint density at radius 3 is 2.69 bits per heavy atom. The minimum atomic E-state index is 0.506.